The highest BCUT2D eigenvalue weighted by atomic mass is 127. The first-order valence-electron chi connectivity index (χ1n) is 2.85. The van der Waals surface area contributed by atoms with E-state index in [0.29, 0.717) is 16.1 Å². The van der Waals surface area contributed by atoms with Crippen LogP contribution in [0.3, 0.4) is 0 Å². The summed E-state index contributed by atoms with van der Waals surface area (Å²) < 4.78 is 14.1. The molecule has 0 aliphatic carbocycles. The van der Waals surface area contributed by atoms with Crippen molar-refractivity contribution in [3.63, 3.8) is 0 Å². The van der Waals surface area contributed by atoms with Gasteiger partial charge < -0.3 is 0 Å². The van der Waals surface area contributed by atoms with E-state index in [2.05, 4.69) is 10.1 Å². The van der Waals surface area contributed by atoms with E-state index in [4.69, 9.17) is 0 Å². The summed E-state index contributed by atoms with van der Waals surface area (Å²) in [5, 5.41) is 3.96. The van der Waals surface area contributed by atoms with Gasteiger partial charge in [0.25, 0.3) is 0 Å². The minimum atomic E-state index is -0.372. The van der Waals surface area contributed by atoms with E-state index < -0.39 is 0 Å². The standard InChI is InChI=1S/C5H7FIN3/c1-10-4(2-3-6)8-5(7)9-10/h2-3H2,1H3. The first-order chi connectivity index (χ1) is 4.74. The van der Waals surface area contributed by atoms with Crippen molar-refractivity contribution in [2.45, 2.75) is 6.42 Å². The molecule has 0 saturated carbocycles. The molecule has 0 aliphatic heterocycles. The molecule has 56 valence electrons. The van der Waals surface area contributed by atoms with Gasteiger partial charge in [0, 0.05) is 36.1 Å². The molecule has 3 nitrogen and oxygen atoms in total. The Morgan fingerprint density at radius 2 is 2.40 bits per heavy atom. The topological polar surface area (TPSA) is 30.7 Å². The Morgan fingerprint density at radius 1 is 1.70 bits per heavy atom. The van der Waals surface area contributed by atoms with Gasteiger partial charge in [0.05, 0.1) is 6.67 Å². The van der Waals surface area contributed by atoms with Crippen molar-refractivity contribution >= 4 is 22.6 Å². The van der Waals surface area contributed by atoms with E-state index in [9.17, 15) is 4.39 Å². The van der Waals surface area contributed by atoms with Crippen molar-refractivity contribution < 1.29 is 4.39 Å². The summed E-state index contributed by atoms with van der Waals surface area (Å²) in [7, 11) is 1.76. The van der Waals surface area contributed by atoms with Crippen LogP contribution in [0.25, 0.3) is 0 Å². The minimum Gasteiger partial charge on any atom is -0.252 e. The average molecular weight is 255 g/mol. The minimum absolute atomic E-state index is 0.354. The molecule has 1 aromatic heterocycles. The van der Waals surface area contributed by atoms with E-state index in [1.165, 1.54) is 0 Å². The quantitative estimate of drug-likeness (QED) is 0.736. The molecule has 0 aromatic carbocycles. The normalized spacial score (nSPS) is 10.3. The number of hydrogen-bond donors (Lipinski definition) is 0. The van der Waals surface area contributed by atoms with E-state index in [-0.39, 0.29) is 6.67 Å². The molecule has 1 rings (SSSR count). The van der Waals surface area contributed by atoms with Crippen molar-refractivity contribution in [1.82, 2.24) is 14.8 Å². The summed E-state index contributed by atoms with van der Waals surface area (Å²) in [6, 6.07) is 0. The molecule has 0 amide bonds. The Morgan fingerprint density at radius 3 is 2.80 bits per heavy atom. The van der Waals surface area contributed by atoms with Crippen molar-refractivity contribution in [2.75, 3.05) is 6.67 Å². The van der Waals surface area contributed by atoms with E-state index >= 15 is 0 Å². The second-order valence-electron chi connectivity index (χ2n) is 1.86. The SMILES string of the molecule is Cn1nc(I)nc1CCF. The van der Waals surface area contributed by atoms with Gasteiger partial charge in [-0.2, -0.15) is 0 Å². The van der Waals surface area contributed by atoms with Gasteiger partial charge in [-0.3, -0.25) is 9.07 Å². The van der Waals surface area contributed by atoms with Crippen molar-refractivity contribution in [2.24, 2.45) is 7.05 Å². The van der Waals surface area contributed by atoms with Crippen LogP contribution >= 0.6 is 22.6 Å². The van der Waals surface area contributed by atoms with Gasteiger partial charge in [-0.15, -0.1) is 5.10 Å². The zero-order chi connectivity index (χ0) is 7.56. The number of halogens is 2. The number of nitrogens with zero attached hydrogens (tertiary/aromatic N) is 3. The van der Waals surface area contributed by atoms with Crippen LogP contribution in [0.15, 0.2) is 0 Å². The summed E-state index contributed by atoms with van der Waals surface area (Å²) in [6.07, 6.45) is 0.354. The van der Waals surface area contributed by atoms with Gasteiger partial charge in [0.15, 0.2) is 0 Å². The molecule has 0 fully saturated rings. The summed E-state index contributed by atoms with van der Waals surface area (Å²) in [5.74, 6) is 0.701. The Hall–Kier alpha value is -0.200. The fourth-order valence-electron chi connectivity index (χ4n) is 0.685. The van der Waals surface area contributed by atoms with Gasteiger partial charge in [-0.05, 0) is 0 Å². The largest absolute Gasteiger partial charge is 0.252 e. The van der Waals surface area contributed by atoms with Gasteiger partial charge in [-0.1, -0.05) is 0 Å². The van der Waals surface area contributed by atoms with E-state index in [1.54, 1.807) is 11.7 Å². The Labute approximate surface area is 71.8 Å². The lowest BCUT2D eigenvalue weighted by Gasteiger charge is -1.92. The molecule has 0 unspecified atom stereocenters. The fraction of sp³-hybridized carbons (Fsp3) is 0.600. The smallest absolute Gasteiger partial charge is 0.211 e. The van der Waals surface area contributed by atoms with Crippen molar-refractivity contribution in [3.05, 3.63) is 9.66 Å². The highest BCUT2D eigenvalue weighted by Crippen LogP contribution is 2.00. The monoisotopic (exact) mass is 255 g/mol. The summed E-state index contributed by atoms with van der Waals surface area (Å²) in [5.41, 5.74) is 0. The summed E-state index contributed by atoms with van der Waals surface area (Å²) in [4.78, 5) is 4.00. The van der Waals surface area contributed by atoms with E-state index in [0.717, 1.165) is 0 Å². The van der Waals surface area contributed by atoms with Crippen LogP contribution in [0.1, 0.15) is 5.82 Å². The second-order valence-corrected chi connectivity index (χ2v) is 2.82. The summed E-state index contributed by atoms with van der Waals surface area (Å²) in [6.45, 7) is -0.372. The number of hydrogen-bond acceptors (Lipinski definition) is 2. The molecule has 0 bridgehead atoms. The first kappa shape index (κ1) is 7.90. The van der Waals surface area contributed by atoms with Gasteiger partial charge in [0.2, 0.25) is 3.83 Å². The van der Waals surface area contributed by atoms with Crippen LogP contribution in [-0.4, -0.2) is 21.4 Å². The average Bonchev–Trinajstić information content (AvgIpc) is 2.13. The predicted octanol–water partition coefficient (Wildman–Crippen LogP) is 0.932. The first-order valence-corrected chi connectivity index (χ1v) is 3.93. The Balaban J connectivity index is 2.81. The van der Waals surface area contributed by atoms with Crippen molar-refractivity contribution in [3.8, 4) is 0 Å². The van der Waals surface area contributed by atoms with Gasteiger partial charge in [0.1, 0.15) is 5.82 Å². The van der Waals surface area contributed by atoms with Crippen LogP contribution in [-0.2, 0) is 13.5 Å². The van der Waals surface area contributed by atoms with Crippen LogP contribution in [0.2, 0.25) is 0 Å². The molecular formula is C5H7FIN3. The van der Waals surface area contributed by atoms with Crippen molar-refractivity contribution in [1.29, 1.82) is 0 Å². The summed E-state index contributed by atoms with van der Waals surface area (Å²) >= 11 is 2.00. The number of rotatable bonds is 2. The number of aromatic nitrogens is 3. The van der Waals surface area contributed by atoms with Gasteiger partial charge in [-0.25, -0.2) is 4.98 Å². The molecule has 5 heteroatoms. The molecule has 10 heavy (non-hydrogen) atoms. The maximum atomic E-state index is 11.8. The molecular weight excluding hydrogens is 248 g/mol. The molecule has 0 spiro atoms. The molecule has 1 aromatic rings. The highest BCUT2D eigenvalue weighted by Gasteiger charge is 2.02. The number of alkyl halides is 1. The zero-order valence-corrected chi connectivity index (χ0v) is 7.67. The Bertz CT molecular complexity index is 223. The fourth-order valence-corrected chi connectivity index (χ4v) is 1.29. The maximum Gasteiger partial charge on any atom is 0.211 e. The Kier molecular flexibility index (Phi) is 2.58. The third-order valence-electron chi connectivity index (χ3n) is 1.15. The number of aryl methyl sites for hydroxylation is 2. The zero-order valence-electron chi connectivity index (χ0n) is 5.51. The molecule has 0 atom stereocenters. The van der Waals surface area contributed by atoms with Crippen LogP contribution in [0.4, 0.5) is 4.39 Å². The molecule has 0 N–H and O–H groups in total. The van der Waals surface area contributed by atoms with E-state index in [1.807, 2.05) is 22.6 Å². The lowest BCUT2D eigenvalue weighted by atomic mass is 10.4. The molecule has 0 radical (unpaired) electrons. The van der Waals surface area contributed by atoms with Crippen LogP contribution in [0, 0.1) is 3.83 Å². The third kappa shape index (κ3) is 1.65. The third-order valence-corrected chi connectivity index (χ3v) is 1.60. The highest BCUT2D eigenvalue weighted by molar-refractivity contribution is 14.1. The lowest BCUT2D eigenvalue weighted by molar-refractivity contribution is 0.480. The molecule has 0 saturated heterocycles. The van der Waals surface area contributed by atoms with Crippen LogP contribution in [0.5, 0.6) is 0 Å². The maximum absolute atomic E-state index is 11.8. The van der Waals surface area contributed by atoms with Gasteiger partial charge >= 0.3 is 0 Å². The second kappa shape index (κ2) is 3.27. The predicted molar refractivity (Wildman–Crippen MR) is 43.4 cm³/mol. The lowest BCUT2D eigenvalue weighted by Crippen LogP contribution is -1.99. The molecule has 1 heterocycles. The molecule has 0 aliphatic rings. The van der Waals surface area contributed by atoms with Crippen LogP contribution < -0.4 is 0 Å².